The summed E-state index contributed by atoms with van der Waals surface area (Å²) in [5.41, 5.74) is 3.08. The van der Waals surface area contributed by atoms with Gasteiger partial charge < -0.3 is 9.64 Å². The Balaban J connectivity index is 1.41. The van der Waals surface area contributed by atoms with E-state index in [-0.39, 0.29) is 11.5 Å². The Bertz CT molecular complexity index is 679. The molecule has 1 aromatic carbocycles. The van der Waals surface area contributed by atoms with Gasteiger partial charge in [-0.25, -0.2) is 0 Å². The maximum Gasteiger partial charge on any atom is 0.265 e. The lowest BCUT2D eigenvalue weighted by molar-refractivity contribution is -0.113. The third kappa shape index (κ3) is 3.10. The molecule has 1 atom stereocenters. The van der Waals surface area contributed by atoms with Crippen molar-refractivity contribution in [1.82, 2.24) is 9.88 Å². The predicted molar refractivity (Wildman–Crippen MR) is 94.4 cm³/mol. The number of aromatic nitrogens is 1. The highest BCUT2D eigenvalue weighted by atomic mass is 32.1. The topological polar surface area (TPSA) is 42.4 Å². The van der Waals surface area contributed by atoms with E-state index < -0.39 is 0 Å². The molecule has 1 spiro atoms. The summed E-state index contributed by atoms with van der Waals surface area (Å²) in [5.74, 6) is 0.687. The zero-order chi connectivity index (χ0) is 16.4. The van der Waals surface area contributed by atoms with Crippen molar-refractivity contribution in [2.24, 2.45) is 0 Å². The van der Waals surface area contributed by atoms with Gasteiger partial charge in [0.2, 0.25) is 0 Å². The van der Waals surface area contributed by atoms with Crippen LogP contribution in [0, 0.1) is 0 Å². The first kappa shape index (κ1) is 15.8. The Morgan fingerprint density at radius 3 is 2.75 bits per heavy atom. The minimum atomic E-state index is -0.0523. The Morgan fingerprint density at radius 1 is 1.25 bits per heavy atom. The summed E-state index contributed by atoms with van der Waals surface area (Å²) in [6.07, 6.45) is 5.69. The van der Waals surface area contributed by atoms with Crippen molar-refractivity contribution in [3.05, 3.63) is 52.5 Å². The Kier molecular flexibility index (Phi) is 4.37. The van der Waals surface area contributed by atoms with Gasteiger partial charge in [0.15, 0.2) is 0 Å². The van der Waals surface area contributed by atoms with Crippen LogP contribution in [0.3, 0.4) is 0 Å². The summed E-state index contributed by atoms with van der Waals surface area (Å²) in [6, 6.07) is 10.8. The Labute approximate surface area is 146 Å². The van der Waals surface area contributed by atoms with Crippen LogP contribution in [0.4, 0.5) is 0 Å². The lowest BCUT2D eigenvalue weighted by Crippen LogP contribution is -2.50. The van der Waals surface area contributed by atoms with Gasteiger partial charge in [0, 0.05) is 19.7 Å². The van der Waals surface area contributed by atoms with Gasteiger partial charge in [0.05, 0.1) is 17.3 Å². The van der Waals surface area contributed by atoms with Crippen LogP contribution in [-0.2, 0) is 4.74 Å². The van der Waals surface area contributed by atoms with Crippen LogP contribution in [0.2, 0.25) is 0 Å². The van der Waals surface area contributed by atoms with Gasteiger partial charge in [-0.05, 0) is 37.2 Å². The summed E-state index contributed by atoms with van der Waals surface area (Å²) in [7, 11) is 0. The first-order valence-corrected chi connectivity index (χ1v) is 9.50. The highest BCUT2D eigenvalue weighted by Gasteiger charge is 2.41. The highest BCUT2D eigenvalue weighted by molar-refractivity contribution is 7.11. The molecule has 0 unspecified atom stereocenters. The smallest absolute Gasteiger partial charge is 0.265 e. The number of amides is 1. The summed E-state index contributed by atoms with van der Waals surface area (Å²) in [5, 5.41) is 0. The van der Waals surface area contributed by atoms with Crippen molar-refractivity contribution in [2.45, 2.75) is 37.2 Å². The van der Waals surface area contributed by atoms with E-state index >= 15 is 0 Å². The lowest BCUT2D eigenvalue weighted by Gasteiger charge is -2.46. The molecule has 1 amide bonds. The molecule has 24 heavy (non-hydrogen) atoms. The number of carbonyl (C=O) groups excluding carboxylic acids is 1. The number of ether oxygens (including phenoxy) is 1. The molecule has 4 rings (SSSR count). The minimum Gasteiger partial charge on any atom is -0.375 e. The molecule has 3 heterocycles. The zero-order valence-electron chi connectivity index (χ0n) is 13.7. The number of likely N-dealkylation sites (tertiary alicyclic amines) is 1. The molecular formula is C19H22N2O2S. The quantitative estimate of drug-likeness (QED) is 0.835. The number of nitrogens with zero attached hydrogens (tertiary/aromatic N) is 2. The third-order valence-electron chi connectivity index (χ3n) is 5.37. The van der Waals surface area contributed by atoms with Crippen molar-refractivity contribution in [2.75, 3.05) is 19.7 Å². The fraction of sp³-hybridized carbons (Fsp3) is 0.474. The van der Waals surface area contributed by atoms with Gasteiger partial charge in [-0.2, -0.15) is 0 Å². The molecule has 2 aliphatic heterocycles. The summed E-state index contributed by atoms with van der Waals surface area (Å²) in [6.45, 7) is 2.37. The second kappa shape index (κ2) is 6.65. The normalized spacial score (nSPS) is 23.3. The van der Waals surface area contributed by atoms with Crippen LogP contribution in [0.5, 0.6) is 0 Å². The number of carbonyl (C=O) groups is 1. The van der Waals surface area contributed by atoms with Crippen molar-refractivity contribution in [1.29, 1.82) is 0 Å². The first-order valence-electron chi connectivity index (χ1n) is 8.62. The van der Waals surface area contributed by atoms with Crippen LogP contribution in [0.1, 0.15) is 46.8 Å². The van der Waals surface area contributed by atoms with E-state index in [9.17, 15) is 4.79 Å². The number of benzene rings is 1. The number of piperidine rings is 1. The Morgan fingerprint density at radius 2 is 2.04 bits per heavy atom. The van der Waals surface area contributed by atoms with Crippen LogP contribution in [0.15, 0.2) is 42.0 Å². The van der Waals surface area contributed by atoms with Crippen LogP contribution in [-0.4, -0.2) is 41.1 Å². The summed E-state index contributed by atoms with van der Waals surface area (Å²) in [4.78, 5) is 19.2. The molecule has 2 saturated heterocycles. The average molecular weight is 342 g/mol. The van der Waals surface area contributed by atoms with E-state index in [4.69, 9.17) is 4.74 Å². The molecular weight excluding hydrogens is 320 g/mol. The van der Waals surface area contributed by atoms with Crippen LogP contribution in [0.25, 0.3) is 0 Å². The largest absolute Gasteiger partial charge is 0.375 e. The molecule has 0 bridgehead atoms. The third-order valence-corrected chi connectivity index (χ3v) is 6.13. The SMILES string of the molecule is O=C(c1cncs1)N1CCC2(CC1)C[C@@H](c1ccccc1)CCO2. The molecule has 4 nitrogen and oxygen atoms in total. The van der Waals surface area contributed by atoms with Crippen LogP contribution >= 0.6 is 11.3 Å². The second-order valence-corrected chi connectivity index (χ2v) is 7.68. The van der Waals surface area contributed by atoms with Gasteiger partial charge in [-0.3, -0.25) is 9.78 Å². The van der Waals surface area contributed by atoms with Crippen molar-refractivity contribution in [3.8, 4) is 0 Å². The average Bonchev–Trinajstić information content (AvgIpc) is 3.17. The molecule has 0 aliphatic carbocycles. The van der Waals surface area contributed by atoms with Gasteiger partial charge in [-0.1, -0.05) is 30.3 Å². The number of hydrogen-bond donors (Lipinski definition) is 0. The van der Waals surface area contributed by atoms with Gasteiger partial charge in [0.25, 0.3) is 5.91 Å². The van der Waals surface area contributed by atoms with Crippen molar-refractivity contribution >= 4 is 17.2 Å². The zero-order valence-corrected chi connectivity index (χ0v) is 14.5. The minimum absolute atomic E-state index is 0.0523. The van der Waals surface area contributed by atoms with Gasteiger partial charge in [0.1, 0.15) is 4.88 Å². The fourth-order valence-corrected chi connectivity index (χ4v) is 4.57. The maximum absolute atomic E-state index is 12.5. The standard InChI is InChI=1S/C19H22N2O2S/c22-18(17-13-20-14-24-17)21-9-7-19(8-10-21)12-16(6-11-23-19)15-4-2-1-3-5-15/h1-5,13-14,16H,6-12H2/t16-/m0/s1. The first-order chi connectivity index (χ1) is 11.8. The van der Waals surface area contributed by atoms with E-state index in [1.54, 1.807) is 11.7 Å². The second-order valence-electron chi connectivity index (χ2n) is 6.79. The molecule has 5 heteroatoms. The van der Waals surface area contributed by atoms with E-state index in [2.05, 4.69) is 35.3 Å². The van der Waals surface area contributed by atoms with Gasteiger partial charge in [-0.15, -0.1) is 11.3 Å². The maximum atomic E-state index is 12.5. The van der Waals surface area contributed by atoms with Crippen LogP contribution < -0.4 is 0 Å². The molecule has 0 N–H and O–H groups in total. The fourth-order valence-electron chi connectivity index (χ4n) is 3.98. The van der Waals surface area contributed by atoms with Gasteiger partial charge >= 0.3 is 0 Å². The molecule has 0 saturated carbocycles. The highest BCUT2D eigenvalue weighted by Crippen LogP contribution is 2.41. The molecule has 2 fully saturated rings. The predicted octanol–water partition coefficient (Wildman–Crippen LogP) is 3.71. The molecule has 126 valence electrons. The number of hydrogen-bond acceptors (Lipinski definition) is 4. The summed E-state index contributed by atoms with van der Waals surface area (Å²) < 4.78 is 6.23. The summed E-state index contributed by atoms with van der Waals surface area (Å²) >= 11 is 1.42. The lowest BCUT2D eigenvalue weighted by atomic mass is 9.77. The molecule has 0 radical (unpaired) electrons. The number of thiazole rings is 1. The number of rotatable bonds is 2. The van der Waals surface area contributed by atoms with E-state index in [0.717, 1.165) is 50.3 Å². The molecule has 2 aromatic rings. The van der Waals surface area contributed by atoms with E-state index in [1.165, 1.54) is 16.9 Å². The van der Waals surface area contributed by atoms with E-state index in [1.807, 2.05) is 4.90 Å². The monoisotopic (exact) mass is 342 g/mol. The molecule has 1 aromatic heterocycles. The molecule has 2 aliphatic rings. The van der Waals surface area contributed by atoms with Crippen molar-refractivity contribution < 1.29 is 9.53 Å². The van der Waals surface area contributed by atoms with E-state index in [0.29, 0.717) is 5.92 Å². The van der Waals surface area contributed by atoms with Crippen molar-refractivity contribution in [3.63, 3.8) is 0 Å². The Hall–Kier alpha value is -1.72.